The monoisotopic (exact) mass is 247 g/mol. The molecule has 0 heterocycles. The van der Waals surface area contributed by atoms with Gasteiger partial charge in [0.05, 0.1) is 6.10 Å². The zero-order valence-electron chi connectivity index (χ0n) is 12.0. The number of hydrogen-bond donors (Lipinski definition) is 1. The van der Waals surface area contributed by atoms with Crippen LogP contribution in [0.5, 0.6) is 0 Å². The van der Waals surface area contributed by atoms with Gasteiger partial charge in [0.1, 0.15) is 0 Å². The lowest BCUT2D eigenvalue weighted by molar-refractivity contribution is 0.106. The molecule has 0 amide bonds. The SMILES string of the molecule is COC1CCC(NC(C)c2ccc(C)c(C)c2)C1. The van der Waals surface area contributed by atoms with E-state index in [4.69, 9.17) is 4.74 Å². The van der Waals surface area contributed by atoms with Crippen molar-refractivity contribution in [1.29, 1.82) is 0 Å². The molecule has 0 saturated heterocycles. The van der Waals surface area contributed by atoms with E-state index in [0.717, 1.165) is 6.42 Å². The molecule has 1 N–H and O–H groups in total. The molecule has 0 radical (unpaired) electrons. The summed E-state index contributed by atoms with van der Waals surface area (Å²) >= 11 is 0. The summed E-state index contributed by atoms with van der Waals surface area (Å²) in [5.74, 6) is 0. The van der Waals surface area contributed by atoms with Crippen LogP contribution in [0.15, 0.2) is 18.2 Å². The van der Waals surface area contributed by atoms with E-state index >= 15 is 0 Å². The molecule has 1 aromatic carbocycles. The number of benzene rings is 1. The van der Waals surface area contributed by atoms with Crippen molar-refractivity contribution in [3.63, 3.8) is 0 Å². The zero-order valence-corrected chi connectivity index (χ0v) is 12.0. The predicted molar refractivity (Wildman–Crippen MR) is 75.9 cm³/mol. The second-order valence-corrected chi connectivity index (χ2v) is 5.60. The lowest BCUT2D eigenvalue weighted by atomic mass is 10.0. The van der Waals surface area contributed by atoms with Gasteiger partial charge >= 0.3 is 0 Å². The summed E-state index contributed by atoms with van der Waals surface area (Å²) in [6.45, 7) is 6.60. The molecular weight excluding hydrogens is 222 g/mol. The van der Waals surface area contributed by atoms with Crippen molar-refractivity contribution in [3.8, 4) is 0 Å². The van der Waals surface area contributed by atoms with Gasteiger partial charge in [-0.2, -0.15) is 0 Å². The van der Waals surface area contributed by atoms with Crippen molar-refractivity contribution in [2.24, 2.45) is 0 Å². The number of hydrogen-bond acceptors (Lipinski definition) is 2. The molecule has 0 aromatic heterocycles. The second kappa shape index (κ2) is 5.85. The summed E-state index contributed by atoms with van der Waals surface area (Å²) in [5.41, 5.74) is 4.13. The minimum atomic E-state index is 0.421. The highest BCUT2D eigenvalue weighted by molar-refractivity contribution is 5.31. The average molecular weight is 247 g/mol. The molecule has 2 rings (SSSR count). The summed E-state index contributed by atoms with van der Waals surface area (Å²) < 4.78 is 5.42. The first kappa shape index (κ1) is 13.6. The first-order chi connectivity index (χ1) is 8.60. The van der Waals surface area contributed by atoms with Crippen molar-refractivity contribution in [2.45, 2.75) is 58.2 Å². The Morgan fingerprint density at radius 1 is 1.22 bits per heavy atom. The average Bonchev–Trinajstić information content (AvgIpc) is 2.80. The summed E-state index contributed by atoms with van der Waals surface area (Å²) in [6, 6.07) is 7.78. The molecule has 0 bridgehead atoms. The summed E-state index contributed by atoms with van der Waals surface area (Å²) in [7, 11) is 1.82. The van der Waals surface area contributed by atoms with Crippen LogP contribution in [0.2, 0.25) is 0 Å². The smallest absolute Gasteiger partial charge is 0.0586 e. The maximum absolute atomic E-state index is 5.42. The zero-order chi connectivity index (χ0) is 13.1. The Morgan fingerprint density at radius 2 is 2.00 bits per heavy atom. The molecule has 18 heavy (non-hydrogen) atoms. The quantitative estimate of drug-likeness (QED) is 0.879. The molecule has 2 nitrogen and oxygen atoms in total. The van der Waals surface area contributed by atoms with E-state index in [2.05, 4.69) is 44.3 Å². The molecule has 1 aromatic rings. The lowest BCUT2D eigenvalue weighted by Gasteiger charge is -2.20. The highest BCUT2D eigenvalue weighted by Gasteiger charge is 2.25. The molecular formula is C16H25NO. The van der Waals surface area contributed by atoms with Gasteiger partial charge in [-0.15, -0.1) is 0 Å². The van der Waals surface area contributed by atoms with Crippen LogP contribution in [0.1, 0.15) is 48.9 Å². The highest BCUT2D eigenvalue weighted by atomic mass is 16.5. The molecule has 0 aliphatic heterocycles. The molecule has 3 unspecified atom stereocenters. The Morgan fingerprint density at radius 3 is 2.61 bits per heavy atom. The van der Waals surface area contributed by atoms with Crippen LogP contribution in [-0.4, -0.2) is 19.3 Å². The largest absolute Gasteiger partial charge is 0.381 e. The van der Waals surface area contributed by atoms with Gasteiger partial charge < -0.3 is 10.1 Å². The van der Waals surface area contributed by atoms with Crippen LogP contribution in [0.25, 0.3) is 0 Å². The standard InChI is InChI=1S/C16H25NO/c1-11-5-6-14(9-12(11)2)13(3)17-15-7-8-16(10-15)18-4/h5-6,9,13,15-17H,7-8,10H2,1-4H3. The number of ether oxygens (including phenoxy) is 1. The number of methoxy groups -OCH3 is 1. The Kier molecular flexibility index (Phi) is 4.41. The second-order valence-electron chi connectivity index (χ2n) is 5.60. The van der Waals surface area contributed by atoms with Gasteiger partial charge in [0.15, 0.2) is 0 Å². The van der Waals surface area contributed by atoms with E-state index in [0.29, 0.717) is 18.2 Å². The molecule has 1 aliphatic carbocycles. The van der Waals surface area contributed by atoms with Crippen LogP contribution in [-0.2, 0) is 4.74 Å². The van der Waals surface area contributed by atoms with Gasteiger partial charge in [-0.25, -0.2) is 0 Å². The van der Waals surface area contributed by atoms with Gasteiger partial charge in [-0.3, -0.25) is 0 Å². The number of nitrogens with one attached hydrogen (secondary N) is 1. The first-order valence-electron chi connectivity index (χ1n) is 6.96. The first-order valence-corrected chi connectivity index (χ1v) is 6.96. The van der Waals surface area contributed by atoms with E-state index < -0.39 is 0 Å². The van der Waals surface area contributed by atoms with E-state index in [-0.39, 0.29) is 0 Å². The van der Waals surface area contributed by atoms with Crippen LogP contribution in [0, 0.1) is 13.8 Å². The Bertz CT molecular complexity index is 402. The van der Waals surface area contributed by atoms with E-state index in [1.807, 2.05) is 7.11 Å². The normalized spacial score (nSPS) is 25.3. The van der Waals surface area contributed by atoms with Crippen molar-refractivity contribution in [1.82, 2.24) is 5.32 Å². The number of aryl methyl sites for hydroxylation is 2. The Balaban J connectivity index is 1.95. The van der Waals surface area contributed by atoms with Crippen LogP contribution in [0.3, 0.4) is 0 Å². The fraction of sp³-hybridized carbons (Fsp3) is 0.625. The lowest BCUT2D eigenvalue weighted by Crippen LogP contribution is -2.30. The van der Waals surface area contributed by atoms with E-state index in [1.165, 1.54) is 29.5 Å². The molecule has 0 spiro atoms. The van der Waals surface area contributed by atoms with Gasteiger partial charge in [-0.1, -0.05) is 18.2 Å². The molecule has 3 atom stereocenters. The van der Waals surface area contributed by atoms with Crippen molar-refractivity contribution >= 4 is 0 Å². The Labute approximate surface area is 111 Å². The minimum Gasteiger partial charge on any atom is -0.381 e. The summed E-state index contributed by atoms with van der Waals surface area (Å²) in [4.78, 5) is 0. The fourth-order valence-corrected chi connectivity index (χ4v) is 2.79. The van der Waals surface area contributed by atoms with Crippen LogP contribution in [0.4, 0.5) is 0 Å². The van der Waals surface area contributed by atoms with E-state index in [1.54, 1.807) is 0 Å². The topological polar surface area (TPSA) is 21.3 Å². The molecule has 1 fully saturated rings. The van der Waals surface area contributed by atoms with Crippen LogP contribution < -0.4 is 5.32 Å². The third-order valence-corrected chi connectivity index (χ3v) is 4.23. The van der Waals surface area contributed by atoms with Crippen LogP contribution >= 0.6 is 0 Å². The third kappa shape index (κ3) is 3.12. The van der Waals surface area contributed by atoms with E-state index in [9.17, 15) is 0 Å². The van der Waals surface area contributed by atoms with Crippen molar-refractivity contribution < 1.29 is 4.74 Å². The van der Waals surface area contributed by atoms with Crippen molar-refractivity contribution in [2.75, 3.05) is 7.11 Å². The maximum atomic E-state index is 5.42. The number of rotatable bonds is 4. The van der Waals surface area contributed by atoms with Gasteiger partial charge in [0.2, 0.25) is 0 Å². The fourth-order valence-electron chi connectivity index (χ4n) is 2.79. The van der Waals surface area contributed by atoms with Gasteiger partial charge in [0, 0.05) is 19.2 Å². The summed E-state index contributed by atoms with van der Waals surface area (Å²) in [5, 5.41) is 3.73. The molecule has 1 saturated carbocycles. The maximum Gasteiger partial charge on any atom is 0.0586 e. The Hall–Kier alpha value is -0.860. The predicted octanol–water partition coefficient (Wildman–Crippen LogP) is 3.52. The summed E-state index contributed by atoms with van der Waals surface area (Å²) in [6.07, 6.45) is 4.02. The van der Waals surface area contributed by atoms with Gasteiger partial charge in [0.25, 0.3) is 0 Å². The highest BCUT2D eigenvalue weighted by Crippen LogP contribution is 2.25. The molecule has 2 heteroatoms. The van der Waals surface area contributed by atoms with Gasteiger partial charge in [-0.05, 0) is 56.7 Å². The van der Waals surface area contributed by atoms with Crippen molar-refractivity contribution in [3.05, 3.63) is 34.9 Å². The minimum absolute atomic E-state index is 0.421. The molecule has 1 aliphatic rings. The third-order valence-electron chi connectivity index (χ3n) is 4.23. The molecule has 100 valence electrons.